The second-order valence-corrected chi connectivity index (χ2v) is 9.11. The fourth-order valence-electron chi connectivity index (χ4n) is 2.47. The van der Waals surface area contributed by atoms with Gasteiger partial charge in [0.2, 0.25) is 10.0 Å². The highest BCUT2D eigenvalue weighted by Gasteiger charge is 2.31. The zero-order valence-corrected chi connectivity index (χ0v) is 18.0. The first-order valence-electron chi connectivity index (χ1n) is 8.61. The molecule has 0 bridgehead atoms. The van der Waals surface area contributed by atoms with E-state index in [2.05, 4.69) is 9.46 Å². The molecule has 0 unspecified atom stereocenters. The van der Waals surface area contributed by atoms with Crippen molar-refractivity contribution in [3.05, 3.63) is 53.1 Å². The minimum Gasteiger partial charge on any atom is -0.465 e. The topological polar surface area (TPSA) is 81.7 Å². The maximum absolute atomic E-state index is 12.6. The molecular formula is C19H22F3NO5S2. The molecule has 0 heterocycles. The number of halogens is 3. The van der Waals surface area contributed by atoms with Crippen molar-refractivity contribution >= 4 is 27.8 Å². The Balaban J connectivity index is 0.00000480. The highest BCUT2D eigenvalue weighted by molar-refractivity contribution is 7.99. The van der Waals surface area contributed by atoms with Gasteiger partial charge in [-0.15, -0.1) is 24.9 Å². The number of esters is 1. The van der Waals surface area contributed by atoms with Gasteiger partial charge in [0.05, 0.1) is 17.6 Å². The van der Waals surface area contributed by atoms with Gasteiger partial charge in [-0.1, -0.05) is 0 Å². The van der Waals surface area contributed by atoms with Crippen LogP contribution in [0.2, 0.25) is 0 Å². The Hall–Kier alpha value is -2.24. The number of sulfonamides is 1. The largest absolute Gasteiger partial charge is 0.573 e. The van der Waals surface area contributed by atoms with Gasteiger partial charge in [-0.25, -0.2) is 17.9 Å². The number of benzene rings is 2. The van der Waals surface area contributed by atoms with Crippen LogP contribution >= 0.6 is 11.8 Å². The van der Waals surface area contributed by atoms with Crippen LogP contribution in [0.15, 0.2) is 46.2 Å². The molecule has 2 aromatic carbocycles. The standard InChI is InChI=1S/C19H20F3NO5S2.H2/c1-12-10-16(11-17(13(12)2)18(24)27-3)30(25,26)23-8-9-29-15-6-4-14(5-7-15)28-19(20,21)22;/h4-7,10-11,23H,8-9H2,1-3H3;1H. The van der Waals surface area contributed by atoms with E-state index in [1.165, 1.54) is 55.3 Å². The maximum atomic E-state index is 12.6. The van der Waals surface area contributed by atoms with Crippen molar-refractivity contribution in [2.24, 2.45) is 0 Å². The van der Waals surface area contributed by atoms with Gasteiger partial charge < -0.3 is 9.47 Å². The minimum absolute atomic E-state index is 0. The molecular weight excluding hydrogens is 443 g/mol. The summed E-state index contributed by atoms with van der Waals surface area (Å²) in [5.41, 5.74) is 1.44. The number of thioether (sulfide) groups is 1. The van der Waals surface area contributed by atoms with Crippen molar-refractivity contribution in [3.63, 3.8) is 0 Å². The number of carbonyl (C=O) groups is 1. The quantitative estimate of drug-likeness (QED) is 0.356. The lowest BCUT2D eigenvalue weighted by atomic mass is 10.0. The predicted molar refractivity (Wildman–Crippen MR) is 108 cm³/mol. The number of alkyl halides is 3. The summed E-state index contributed by atoms with van der Waals surface area (Å²) in [5.74, 6) is -0.613. The van der Waals surface area contributed by atoms with Crippen molar-refractivity contribution < 1.29 is 37.3 Å². The van der Waals surface area contributed by atoms with Crippen LogP contribution in [0.3, 0.4) is 0 Å². The van der Waals surface area contributed by atoms with Gasteiger partial charge in [-0.05, 0) is 61.4 Å². The van der Waals surface area contributed by atoms with Crippen LogP contribution in [0.25, 0.3) is 0 Å². The first kappa shape index (κ1) is 24.0. The Morgan fingerprint density at radius 3 is 2.37 bits per heavy atom. The summed E-state index contributed by atoms with van der Waals surface area (Å²) < 4.78 is 72.5. The lowest BCUT2D eigenvalue weighted by Crippen LogP contribution is -2.26. The third-order valence-corrected chi connectivity index (χ3v) is 6.53. The maximum Gasteiger partial charge on any atom is 0.573 e. The van der Waals surface area contributed by atoms with Crippen LogP contribution in [-0.2, 0) is 14.8 Å². The average molecular weight is 466 g/mol. The van der Waals surface area contributed by atoms with Crippen LogP contribution in [-0.4, -0.2) is 40.2 Å². The monoisotopic (exact) mass is 465 g/mol. The molecule has 0 aliphatic carbocycles. The van der Waals surface area contributed by atoms with Crippen molar-refractivity contribution in [2.75, 3.05) is 19.4 Å². The second kappa shape index (κ2) is 9.71. The third kappa shape index (κ3) is 6.64. The second-order valence-electron chi connectivity index (χ2n) is 6.17. The molecule has 1 N–H and O–H groups in total. The van der Waals surface area contributed by atoms with Gasteiger partial charge in [0.15, 0.2) is 0 Å². The van der Waals surface area contributed by atoms with E-state index in [0.29, 0.717) is 21.8 Å². The van der Waals surface area contributed by atoms with E-state index in [1.807, 2.05) is 0 Å². The number of carbonyl (C=O) groups excluding carboxylic acids is 1. The molecule has 2 aromatic rings. The van der Waals surface area contributed by atoms with E-state index in [4.69, 9.17) is 4.74 Å². The van der Waals surface area contributed by atoms with E-state index in [1.54, 1.807) is 13.8 Å². The Bertz CT molecular complexity index is 1010. The van der Waals surface area contributed by atoms with Crippen LogP contribution in [0.1, 0.15) is 22.9 Å². The fourth-order valence-corrected chi connectivity index (χ4v) is 4.51. The smallest absolute Gasteiger partial charge is 0.465 e. The molecule has 0 aliphatic rings. The number of nitrogens with one attached hydrogen (secondary N) is 1. The van der Waals surface area contributed by atoms with E-state index >= 15 is 0 Å². The summed E-state index contributed by atoms with van der Waals surface area (Å²) in [5, 5.41) is 0. The van der Waals surface area contributed by atoms with Crippen molar-refractivity contribution in [2.45, 2.75) is 30.0 Å². The van der Waals surface area contributed by atoms with Gasteiger partial charge in [-0.3, -0.25) is 0 Å². The molecule has 0 fully saturated rings. The molecule has 0 aromatic heterocycles. The Kier molecular flexibility index (Phi) is 7.78. The molecule has 11 heteroatoms. The SMILES string of the molecule is COC(=O)c1cc(S(=O)(=O)NCCSc2ccc(OC(F)(F)F)cc2)cc(C)c1C.[HH]. The zero-order chi connectivity index (χ0) is 22.5. The number of hydrogen-bond donors (Lipinski definition) is 1. The van der Waals surface area contributed by atoms with Gasteiger partial charge in [0.25, 0.3) is 0 Å². The molecule has 0 spiro atoms. The summed E-state index contributed by atoms with van der Waals surface area (Å²) in [6, 6.07) is 8.00. The molecule has 0 atom stereocenters. The highest BCUT2D eigenvalue weighted by Crippen LogP contribution is 2.26. The van der Waals surface area contributed by atoms with Crippen LogP contribution in [0.5, 0.6) is 5.75 Å². The van der Waals surface area contributed by atoms with Crippen LogP contribution in [0, 0.1) is 13.8 Å². The lowest BCUT2D eigenvalue weighted by Gasteiger charge is -2.12. The first-order valence-corrected chi connectivity index (χ1v) is 11.1. The first-order chi connectivity index (χ1) is 13.9. The number of aryl methyl sites for hydroxylation is 1. The summed E-state index contributed by atoms with van der Waals surface area (Å²) in [7, 11) is -2.64. The molecule has 166 valence electrons. The van der Waals surface area contributed by atoms with Gasteiger partial charge in [0.1, 0.15) is 5.75 Å². The molecule has 0 saturated carbocycles. The molecule has 0 amide bonds. The number of rotatable bonds is 8. The average Bonchev–Trinajstić information content (AvgIpc) is 2.66. The van der Waals surface area contributed by atoms with E-state index < -0.39 is 22.4 Å². The van der Waals surface area contributed by atoms with Crippen molar-refractivity contribution in [1.29, 1.82) is 0 Å². The Labute approximate surface area is 178 Å². The number of ether oxygens (including phenoxy) is 2. The minimum atomic E-state index is -4.75. The normalized spacial score (nSPS) is 11.9. The summed E-state index contributed by atoms with van der Waals surface area (Å²) >= 11 is 1.26. The molecule has 30 heavy (non-hydrogen) atoms. The summed E-state index contributed by atoms with van der Waals surface area (Å²) in [6.45, 7) is 3.48. The number of methoxy groups -OCH3 is 1. The van der Waals surface area contributed by atoms with Crippen LogP contribution in [0.4, 0.5) is 13.2 Å². The van der Waals surface area contributed by atoms with Crippen molar-refractivity contribution in [3.8, 4) is 5.75 Å². The Morgan fingerprint density at radius 1 is 1.17 bits per heavy atom. The zero-order valence-electron chi connectivity index (χ0n) is 16.4. The van der Waals surface area contributed by atoms with E-state index in [-0.39, 0.29) is 24.2 Å². The highest BCUT2D eigenvalue weighted by atomic mass is 32.2. The third-order valence-electron chi connectivity index (χ3n) is 4.08. The molecule has 0 radical (unpaired) electrons. The molecule has 0 aliphatic heterocycles. The molecule has 2 rings (SSSR count). The predicted octanol–water partition coefficient (Wildman–Crippen LogP) is 4.31. The number of hydrogen-bond acceptors (Lipinski definition) is 6. The molecule has 6 nitrogen and oxygen atoms in total. The van der Waals surface area contributed by atoms with Gasteiger partial charge in [0, 0.05) is 18.6 Å². The van der Waals surface area contributed by atoms with Crippen LogP contribution < -0.4 is 9.46 Å². The Morgan fingerprint density at radius 2 is 1.80 bits per heavy atom. The van der Waals surface area contributed by atoms with E-state index in [0.717, 1.165) is 0 Å². The lowest BCUT2D eigenvalue weighted by molar-refractivity contribution is -0.274. The molecule has 0 saturated heterocycles. The van der Waals surface area contributed by atoms with Gasteiger partial charge in [-0.2, -0.15) is 0 Å². The summed E-state index contributed by atoms with van der Waals surface area (Å²) in [6.07, 6.45) is -4.75. The fraction of sp³-hybridized carbons (Fsp3) is 0.316. The summed E-state index contributed by atoms with van der Waals surface area (Å²) in [4.78, 5) is 12.5. The van der Waals surface area contributed by atoms with E-state index in [9.17, 15) is 26.4 Å². The van der Waals surface area contributed by atoms with Crippen molar-refractivity contribution in [1.82, 2.24) is 4.72 Å². The van der Waals surface area contributed by atoms with Gasteiger partial charge >= 0.3 is 12.3 Å².